The van der Waals surface area contributed by atoms with Crippen LogP contribution in [0.4, 0.5) is 4.79 Å². The lowest BCUT2D eigenvalue weighted by Gasteiger charge is -2.15. The average Bonchev–Trinajstić information content (AvgIpc) is 2.91. The molecule has 104 valence electrons. The zero-order valence-corrected chi connectivity index (χ0v) is 10.9. The summed E-state index contributed by atoms with van der Waals surface area (Å²) >= 11 is 0. The normalized spacial score (nSPS) is 20.9. The van der Waals surface area contributed by atoms with Gasteiger partial charge in [-0.1, -0.05) is 12.2 Å². The molecule has 20 heavy (non-hydrogen) atoms. The van der Waals surface area contributed by atoms with Crippen LogP contribution in [0.5, 0.6) is 0 Å². The molecular formula is C12H13BN2O5. The molecule has 0 aliphatic heterocycles. The van der Waals surface area contributed by atoms with Gasteiger partial charge in [0.05, 0.1) is 13.2 Å². The summed E-state index contributed by atoms with van der Waals surface area (Å²) in [6.45, 7) is 0.177. The second kappa shape index (κ2) is 5.81. The minimum atomic E-state index is -0.741. The first kappa shape index (κ1) is 14.2. The van der Waals surface area contributed by atoms with E-state index in [0.717, 1.165) is 0 Å². The lowest BCUT2D eigenvalue weighted by molar-refractivity contribution is 0.0641. The summed E-state index contributed by atoms with van der Waals surface area (Å²) in [4.78, 5) is 34.0. The number of hydrogen-bond acceptors (Lipinski definition) is 5. The van der Waals surface area contributed by atoms with Crippen molar-refractivity contribution in [1.29, 1.82) is 0 Å². The van der Waals surface area contributed by atoms with E-state index in [-0.39, 0.29) is 18.6 Å². The maximum atomic E-state index is 11.9. The molecule has 0 bridgehead atoms. The van der Waals surface area contributed by atoms with E-state index in [9.17, 15) is 14.4 Å². The van der Waals surface area contributed by atoms with Gasteiger partial charge >= 0.3 is 11.8 Å². The Hall–Kier alpha value is -2.25. The second-order valence-corrected chi connectivity index (χ2v) is 4.43. The van der Waals surface area contributed by atoms with E-state index in [1.54, 1.807) is 0 Å². The number of nitrogens with zero attached hydrogens (tertiary/aromatic N) is 2. The second-order valence-electron chi connectivity index (χ2n) is 4.43. The van der Waals surface area contributed by atoms with Gasteiger partial charge in [-0.25, -0.2) is 9.59 Å². The number of methoxy groups -OCH3 is 1. The van der Waals surface area contributed by atoms with Crippen molar-refractivity contribution in [2.45, 2.75) is 12.5 Å². The van der Waals surface area contributed by atoms with E-state index in [4.69, 9.17) is 12.7 Å². The Morgan fingerprint density at radius 2 is 2.20 bits per heavy atom. The molecular weight excluding hydrogens is 263 g/mol. The Morgan fingerprint density at radius 3 is 2.90 bits per heavy atom. The van der Waals surface area contributed by atoms with Gasteiger partial charge in [-0.15, -0.1) is 0 Å². The molecule has 0 N–H and O–H groups in total. The van der Waals surface area contributed by atoms with Crippen molar-refractivity contribution in [2.75, 3.05) is 13.7 Å². The highest BCUT2D eigenvalue weighted by Crippen LogP contribution is 2.26. The van der Waals surface area contributed by atoms with Gasteiger partial charge in [-0.05, 0) is 6.42 Å². The zero-order valence-electron chi connectivity index (χ0n) is 10.9. The van der Waals surface area contributed by atoms with Crippen LogP contribution in [-0.4, -0.2) is 36.9 Å². The Morgan fingerprint density at radius 1 is 1.45 bits per heavy atom. The van der Waals surface area contributed by atoms with Gasteiger partial charge in [-0.2, -0.15) is 0 Å². The minimum Gasteiger partial charge on any atom is -0.438 e. The molecule has 1 heterocycles. The van der Waals surface area contributed by atoms with Crippen LogP contribution < -0.4 is 11.2 Å². The summed E-state index contributed by atoms with van der Waals surface area (Å²) in [7, 11) is 6.60. The van der Waals surface area contributed by atoms with Crippen molar-refractivity contribution >= 4 is 14.1 Å². The summed E-state index contributed by atoms with van der Waals surface area (Å²) in [5.74, 6) is -0.0100. The monoisotopic (exact) mass is 276 g/mol. The van der Waals surface area contributed by atoms with Crippen LogP contribution in [0.2, 0.25) is 0 Å². The molecule has 2 atom stereocenters. The Balaban J connectivity index is 2.06. The predicted octanol–water partition coefficient (Wildman–Crippen LogP) is -0.158. The first-order valence-corrected chi connectivity index (χ1v) is 6.01. The van der Waals surface area contributed by atoms with Crippen LogP contribution in [0.3, 0.4) is 0 Å². The average molecular weight is 276 g/mol. The molecule has 1 aromatic rings. The van der Waals surface area contributed by atoms with Crippen LogP contribution in [0, 0.1) is 5.92 Å². The summed E-state index contributed by atoms with van der Waals surface area (Å²) in [6, 6.07) is 1.01. The van der Waals surface area contributed by atoms with Crippen molar-refractivity contribution < 1.29 is 14.3 Å². The number of carbonyl (C=O) groups is 1. The Bertz CT molecular complexity index is 648. The number of rotatable bonds is 3. The first-order valence-electron chi connectivity index (χ1n) is 6.01. The molecule has 2 radical (unpaired) electrons. The lowest BCUT2D eigenvalue weighted by atomic mass is 10.1. The topological polar surface area (TPSA) is 79.5 Å². The smallest absolute Gasteiger partial charge is 0.438 e. The van der Waals surface area contributed by atoms with E-state index >= 15 is 0 Å². The zero-order chi connectivity index (χ0) is 14.7. The van der Waals surface area contributed by atoms with Crippen molar-refractivity contribution in [1.82, 2.24) is 9.05 Å². The van der Waals surface area contributed by atoms with Crippen LogP contribution in [0.1, 0.15) is 12.5 Å². The minimum absolute atomic E-state index is 0.0100. The third-order valence-electron chi connectivity index (χ3n) is 3.13. The predicted molar refractivity (Wildman–Crippen MR) is 70.8 cm³/mol. The molecule has 0 spiro atoms. The molecule has 0 fully saturated rings. The third-order valence-corrected chi connectivity index (χ3v) is 3.13. The maximum Gasteiger partial charge on any atom is 0.507 e. The highest BCUT2D eigenvalue weighted by molar-refractivity contribution is 6.06. The van der Waals surface area contributed by atoms with E-state index < -0.39 is 17.4 Å². The van der Waals surface area contributed by atoms with Crippen LogP contribution >= 0.6 is 0 Å². The molecule has 0 saturated carbocycles. The number of aromatic nitrogens is 2. The molecule has 2 rings (SSSR count). The number of allylic oxidation sites excluding steroid dienone is 1. The SMILES string of the molecule is [B]n1c(=O)ccn(C2C=CC(COC(=O)OC)C2)c1=O. The van der Waals surface area contributed by atoms with Crippen molar-refractivity contribution in [3.8, 4) is 0 Å². The molecule has 1 aromatic heterocycles. The van der Waals surface area contributed by atoms with E-state index in [2.05, 4.69) is 4.74 Å². The molecule has 8 heteroatoms. The van der Waals surface area contributed by atoms with E-state index in [1.165, 1.54) is 23.9 Å². The number of carbonyl (C=O) groups excluding carboxylic acids is 1. The third kappa shape index (κ3) is 2.84. The van der Waals surface area contributed by atoms with Crippen LogP contribution in [0.15, 0.2) is 34.0 Å². The molecule has 2 unspecified atom stereocenters. The largest absolute Gasteiger partial charge is 0.507 e. The van der Waals surface area contributed by atoms with Crippen LogP contribution in [-0.2, 0) is 9.47 Å². The summed E-state index contributed by atoms with van der Waals surface area (Å²) in [6.07, 6.45) is 4.92. The van der Waals surface area contributed by atoms with Crippen molar-refractivity contribution in [3.05, 3.63) is 45.3 Å². The molecule has 0 aromatic carbocycles. The van der Waals surface area contributed by atoms with E-state index in [0.29, 0.717) is 10.9 Å². The number of ether oxygens (including phenoxy) is 2. The molecule has 0 saturated heterocycles. The lowest BCUT2D eigenvalue weighted by Crippen LogP contribution is -2.39. The van der Waals surface area contributed by atoms with Crippen molar-refractivity contribution in [2.24, 2.45) is 5.92 Å². The van der Waals surface area contributed by atoms with Gasteiger partial charge in [0, 0.05) is 18.2 Å². The molecule has 1 aliphatic carbocycles. The fourth-order valence-corrected chi connectivity index (χ4v) is 2.08. The van der Waals surface area contributed by atoms with Crippen molar-refractivity contribution in [3.63, 3.8) is 0 Å². The summed E-state index contributed by atoms with van der Waals surface area (Å²) < 4.78 is 11.2. The molecule has 7 nitrogen and oxygen atoms in total. The highest BCUT2D eigenvalue weighted by atomic mass is 16.7. The van der Waals surface area contributed by atoms with Gasteiger partial charge < -0.3 is 14.0 Å². The fraction of sp³-hybridized carbons (Fsp3) is 0.417. The number of hydrogen-bond donors (Lipinski definition) is 0. The maximum absolute atomic E-state index is 11.9. The van der Waals surface area contributed by atoms with Gasteiger partial charge in [0.25, 0.3) is 0 Å². The molecule has 1 aliphatic rings. The quantitative estimate of drug-likeness (QED) is 0.435. The van der Waals surface area contributed by atoms with Crippen LogP contribution in [0.25, 0.3) is 0 Å². The summed E-state index contributed by atoms with van der Waals surface area (Å²) in [5, 5.41) is 0. The van der Waals surface area contributed by atoms with Gasteiger partial charge in [0.15, 0.2) is 0 Å². The Kier molecular flexibility index (Phi) is 4.12. The van der Waals surface area contributed by atoms with E-state index in [1.807, 2.05) is 12.2 Å². The van der Waals surface area contributed by atoms with Gasteiger partial charge in [-0.3, -0.25) is 9.36 Å². The highest BCUT2D eigenvalue weighted by Gasteiger charge is 2.22. The fourth-order valence-electron chi connectivity index (χ4n) is 2.08. The molecule has 0 amide bonds. The first-order chi connectivity index (χ1) is 9.52. The summed E-state index contributed by atoms with van der Waals surface area (Å²) in [5.41, 5.74) is -1.14. The Labute approximate surface area is 115 Å². The van der Waals surface area contributed by atoms with Gasteiger partial charge in [0.1, 0.15) is 6.61 Å². The van der Waals surface area contributed by atoms with Gasteiger partial charge in [0.2, 0.25) is 13.5 Å². The standard InChI is InChI=1S/C12H13BN2O5/c1-19-12(18)20-7-8-2-3-9(6-8)14-5-4-10(16)15(13)11(14)17/h2-5,8-9H,6-7H2,1H3.